The molecule has 20 heavy (non-hydrogen) atoms. The first kappa shape index (κ1) is 14.2. The van der Waals surface area contributed by atoms with Gasteiger partial charge in [0, 0.05) is 35.4 Å². The van der Waals surface area contributed by atoms with E-state index in [0.717, 1.165) is 17.1 Å². The lowest BCUT2D eigenvalue weighted by Gasteiger charge is -2.09. The van der Waals surface area contributed by atoms with Crippen LogP contribution in [0.4, 0.5) is 0 Å². The van der Waals surface area contributed by atoms with Crippen LogP contribution in [0.25, 0.3) is 0 Å². The molecule has 0 saturated heterocycles. The normalized spacial score (nSPS) is 10.8. The highest BCUT2D eigenvalue weighted by Crippen LogP contribution is 2.14. The molecule has 0 N–H and O–H groups in total. The van der Waals surface area contributed by atoms with Crippen LogP contribution in [0.3, 0.4) is 0 Å². The molecule has 0 fully saturated rings. The van der Waals surface area contributed by atoms with Crippen LogP contribution in [0.5, 0.6) is 0 Å². The molecule has 0 atom stereocenters. The van der Waals surface area contributed by atoms with E-state index in [9.17, 15) is 9.59 Å². The molecule has 2 rings (SSSR count). The smallest absolute Gasteiger partial charge is 0.348 e. The van der Waals surface area contributed by atoms with Crippen LogP contribution in [0, 0.1) is 27.7 Å². The van der Waals surface area contributed by atoms with Crippen molar-refractivity contribution in [3.8, 4) is 0 Å². The third-order valence-electron chi connectivity index (χ3n) is 3.72. The van der Waals surface area contributed by atoms with Crippen LogP contribution >= 0.6 is 0 Å². The largest absolute Gasteiger partial charge is 0.351 e. The molecule has 0 spiro atoms. The number of aromatic nitrogens is 3. The number of hydrogen-bond donors (Lipinski definition) is 0. The first-order chi connectivity index (χ1) is 9.31. The van der Waals surface area contributed by atoms with Crippen LogP contribution in [-0.4, -0.2) is 19.9 Å². The van der Waals surface area contributed by atoms with Crippen molar-refractivity contribution in [2.75, 3.05) is 0 Å². The highest BCUT2D eigenvalue weighted by Gasteiger charge is 2.16. The summed E-state index contributed by atoms with van der Waals surface area (Å²) in [7, 11) is 1.92. The Morgan fingerprint density at radius 1 is 1.15 bits per heavy atom. The van der Waals surface area contributed by atoms with E-state index in [1.54, 1.807) is 13.0 Å². The molecule has 0 amide bonds. The molecule has 0 aliphatic rings. The predicted octanol–water partition coefficient (Wildman–Crippen LogP) is 1.70. The highest BCUT2D eigenvalue weighted by molar-refractivity contribution is 5.97. The zero-order chi connectivity index (χ0) is 15.0. The Balaban J connectivity index is 2.38. The molecule has 0 bridgehead atoms. The summed E-state index contributed by atoms with van der Waals surface area (Å²) in [5.41, 5.74) is 3.65. The topological polar surface area (TPSA) is 56.9 Å². The van der Waals surface area contributed by atoms with Crippen molar-refractivity contribution in [3.05, 3.63) is 51.0 Å². The molecule has 0 radical (unpaired) electrons. The van der Waals surface area contributed by atoms with Gasteiger partial charge < -0.3 is 4.57 Å². The molecule has 2 heterocycles. The average Bonchev–Trinajstić information content (AvgIpc) is 2.61. The standard InChI is InChI=1S/C15H19N3O2/c1-9-6-11(3)18(15(20)16-9)8-14(19)13-7-10(2)17(5)12(13)4/h6-7H,8H2,1-5H3. The summed E-state index contributed by atoms with van der Waals surface area (Å²) >= 11 is 0. The Morgan fingerprint density at radius 2 is 1.80 bits per heavy atom. The minimum Gasteiger partial charge on any atom is -0.351 e. The quantitative estimate of drug-likeness (QED) is 0.800. The number of ketones is 1. The van der Waals surface area contributed by atoms with Crippen LogP contribution < -0.4 is 5.69 Å². The monoisotopic (exact) mass is 273 g/mol. The minimum atomic E-state index is -0.374. The second kappa shape index (κ2) is 5.07. The Kier molecular flexibility index (Phi) is 3.61. The number of rotatable bonds is 3. The summed E-state index contributed by atoms with van der Waals surface area (Å²) in [6, 6.07) is 3.66. The van der Waals surface area contributed by atoms with Gasteiger partial charge in [-0.25, -0.2) is 4.79 Å². The second-order valence-corrected chi connectivity index (χ2v) is 5.17. The van der Waals surface area contributed by atoms with E-state index in [4.69, 9.17) is 0 Å². The van der Waals surface area contributed by atoms with E-state index in [1.807, 2.05) is 38.5 Å². The summed E-state index contributed by atoms with van der Waals surface area (Å²) in [5.74, 6) is -0.0675. The fourth-order valence-electron chi connectivity index (χ4n) is 2.33. The fraction of sp³-hybridized carbons (Fsp3) is 0.400. The number of nitrogens with zero attached hydrogens (tertiary/aromatic N) is 3. The van der Waals surface area contributed by atoms with E-state index in [-0.39, 0.29) is 18.0 Å². The Bertz CT molecular complexity index is 738. The third-order valence-corrected chi connectivity index (χ3v) is 3.72. The number of Topliss-reactive ketones (excluding diaryl/α,β-unsaturated/α-hetero) is 1. The van der Waals surface area contributed by atoms with Crippen molar-refractivity contribution >= 4 is 5.78 Å². The molecule has 0 aliphatic carbocycles. The van der Waals surface area contributed by atoms with Gasteiger partial charge in [-0.05, 0) is 39.8 Å². The van der Waals surface area contributed by atoms with E-state index >= 15 is 0 Å². The maximum Gasteiger partial charge on any atom is 0.348 e. The number of hydrogen-bond acceptors (Lipinski definition) is 3. The molecule has 2 aromatic heterocycles. The van der Waals surface area contributed by atoms with Gasteiger partial charge >= 0.3 is 5.69 Å². The van der Waals surface area contributed by atoms with Gasteiger partial charge in [-0.15, -0.1) is 0 Å². The van der Waals surface area contributed by atoms with Gasteiger partial charge in [0.2, 0.25) is 0 Å². The minimum absolute atomic E-state index is 0.0300. The predicted molar refractivity (Wildman–Crippen MR) is 77.2 cm³/mol. The SMILES string of the molecule is Cc1cc(C)n(CC(=O)c2cc(C)n(C)c2C)c(=O)n1. The molecule has 5 nitrogen and oxygen atoms in total. The van der Waals surface area contributed by atoms with Gasteiger partial charge in [-0.3, -0.25) is 9.36 Å². The zero-order valence-electron chi connectivity index (χ0n) is 12.5. The molecule has 0 aliphatic heterocycles. The van der Waals surface area contributed by atoms with Gasteiger partial charge in [0.1, 0.15) is 0 Å². The first-order valence-electron chi connectivity index (χ1n) is 6.52. The van der Waals surface area contributed by atoms with E-state index in [1.165, 1.54) is 4.57 Å². The van der Waals surface area contributed by atoms with Crippen molar-refractivity contribution in [3.63, 3.8) is 0 Å². The summed E-state index contributed by atoms with van der Waals surface area (Å²) in [6.45, 7) is 7.47. The molecule has 2 aromatic rings. The maximum atomic E-state index is 12.4. The van der Waals surface area contributed by atoms with Gasteiger partial charge in [-0.1, -0.05) is 0 Å². The van der Waals surface area contributed by atoms with Gasteiger partial charge in [-0.2, -0.15) is 4.98 Å². The van der Waals surface area contributed by atoms with Crippen molar-refractivity contribution in [2.45, 2.75) is 34.2 Å². The van der Waals surface area contributed by atoms with E-state index in [2.05, 4.69) is 4.98 Å². The van der Waals surface area contributed by atoms with Crippen LogP contribution in [-0.2, 0) is 13.6 Å². The van der Waals surface area contributed by atoms with Crippen LogP contribution in [0.1, 0.15) is 33.1 Å². The fourth-order valence-corrected chi connectivity index (χ4v) is 2.33. The van der Waals surface area contributed by atoms with Gasteiger partial charge in [0.15, 0.2) is 5.78 Å². The lowest BCUT2D eigenvalue weighted by molar-refractivity contribution is 0.0968. The van der Waals surface area contributed by atoms with Crippen molar-refractivity contribution < 1.29 is 4.79 Å². The summed E-state index contributed by atoms with van der Waals surface area (Å²) < 4.78 is 3.38. The average molecular weight is 273 g/mol. The van der Waals surface area contributed by atoms with Crippen molar-refractivity contribution in [2.24, 2.45) is 7.05 Å². The van der Waals surface area contributed by atoms with Crippen molar-refractivity contribution in [1.82, 2.24) is 14.1 Å². The molecular formula is C15H19N3O2. The highest BCUT2D eigenvalue weighted by atomic mass is 16.2. The van der Waals surface area contributed by atoms with E-state index in [0.29, 0.717) is 11.3 Å². The summed E-state index contributed by atoms with van der Waals surface area (Å²) in [6.07, 6.45) is 0. The second-order valence-electron chi connectivity index (χ2n) is 5.17. The van der Waals surface area contributed by atoms with Gasteiger partial charge in [0.25, 0.3) is 0 Å². The Labute approximate surface area is 117 Å². The molecule has 106 valence electrons. The lowest BCUT2D eigenvalue weighted by atomic mass is 10.1. The number of aryl methyl sites for hydroxylation is 3. The third kappa shape index (κ3) is 2.43. The van der Waals surface area contributed by atoms with Crippen molar-refractivity contribution in [1.29, 1.82) is 0 Å². The summed E-state index contributed by atoms with van der Waals surface area (Å²) in [5, 5.41) is 0. The number of carbonyl (C=O) groups excluding carboxylic acids is 1. The molecule has 5 heteroatoms. The van der Waals surface area contributed by atoms with E-state index < -0.39 is 0 Å². The number of carbonyl (C=O) groups is 1. The summed E-state index contributed by atoms with van der Waals surface area (Å²) in [4.78, 5) is 28.1. The molecular weight excluding hydrogens is 254 g/mol. The van der Waals surface area contributed by atoms with Crippen LogP contribution in [0.2, 0.25) is 0 Å². The lowest BCUT2D eigenvalue weighted by Crippen LogP contribution is -2.29. The Morgan fingerprint density at radius 3 is 2.30 bits per heavy atom. The van der Waals surface area contributed by atoms with Gasteiger partial charge in [0.05, 0.1) is 6.54 Å². The maximum absolute atomic E-state index is 12.4. The zero-order valence-corrected chi connectivity index (χ0v) is 12.5. The van der Waals surface area contributed by atoms with Crippen LogP contribution in [0.15, 0.2) is 16.9 Å². The Hall–Kier alpha value is -2.17. The first-order valence-corrected chi connectivity index (χ1v) is 6.52. The molecule has 0 unspecified atom stereocenters. The molecule has 0 saturated carbocycles. The molecule has 0 aromatic carbocycles.